The first-order chi connectivity index (χ1) is 14.2. The summed E-state index contributed by atoms with van der Waals surface area (Å²) < 4.78 is 46.5. The summed E-state index contributed by atoms with van der Waals surface area (Å²) in [5, 5.41) is 18.6. The van der Waals surface area contributed by atoms with E-state index in [0.29, 0.717) is 61.6 Å². The van der Waals surface area contributed by atoms with E-state index < -0.39 is 23.3 Å². The Labute approximate surface area is 177 Å². The molecule has 0 unspecified atom stereocenters. The fourth-order valence-electron chi connectivity index (χ4n) is 4.00. The van der Waals surface area contributed by atoms with E-state index in [1.54, 1.807) is 6.21 Å². The zero-order chi connectivity index (χ0) is 21.9. The average Bonchev–Trinajstić information content (AvgIpc) is 3.13. The normalized spacial score (nSPS) is 20.1. The molecule has 10 heteroatoms. The van der Waals surface area contributed by atoms with E-state index in [2.05, 4.69) is 16.5 Å². The lowest BCUT2D eigenvalue weighted by Gasteiger charge is -2.44. The molecule has 0 aliphatic carbocycles. The van der Waals surface area contributed by atoms with Gasteiger partial charge in [0.1, 0.15) is 10.5 Å². The van der Waals surface area contributed by atoms with Crippen molar-refractivity contribution in [1.82, 2.24) is 4.90 Å². The maximum absolute atomic E-state index is 13.5. The zero-order valence-electron chi connectivity index (χ0n) is 16.5. The molecule has 2 aliphatic rings. The molecule has 6 nitrogen and oxygen atoms in total. The summed E-state index contributed by atoms with van der Waals surface area (Å²) in [6.45, 7) is 4.86. The summed E-state index contributed by atoms with van der Waals surface area (Å²) in [7, 11) is 0. The lowest BCUT2D eigenvalue weighted by atomic mass is 9.84. The van der Waals surface area contributed by atoms with Gasteiger partial charge < -0.3 is 20.7 Å². The predicted octanol–water partition coefficient (Wildman–Crippen LogP) is 2.54. The molecule has 0 atom stereocenters. The number of aliphatic hydroxyl groups is 2. The molecule has 0 bridgehead atoms. The van der Waals surface area contributed by atoms with Crippen molar-refractivity contribution in [3.63, 3.8) is 0 Å². The van der Waals surface area contributed by atoms with Gasteiger partial charge in [-0.05, 0) is 36.6 Å². The highest BCUT2D eigenvalue weighted by Gasteiger charge is 2.47. The standard InChI is InChI=1S/C20H26F3N3O3S/c1-13(11-27)25-9-14(8-24)10-26-5-3-19(4-6-26)17-15(2-7-29-19)16(12-28)18(30-17)20(21,22)23/h8-9,27-28H,1-7,10-12,24H2/b14-8+,25-9?. The molecule has 1 aromatic rings. The number of ether oxygens (including phenoxy) is 1. The van der Waals surface area contributed by atoms with Gasteiger partial charge in [-0.1, -0.05) is 6.58 Å². The van der Waals surface area contributed by atoms with E-state index >= 15 is 0 Å². The molecule has 1 fully saturated rings. The van der Waals surface area contributed by atoms with Crippen LogP contribution in [0.3, 0.4) is 0 Å². The van der Waals surface area contributed by atoms with Gasteiger partial charge in [-0.15, -0.1) is 11.3 Å². The van der Waals surface area contributed by atoms with Crippen molar-refractivity contribution >= 4 is 17.6 Å². The van der Waals surface area contributed by atoms with Crippen LogP contribution in [0.1, 0.15) is 33.7 Å². The lowest BCUT2D eigenvalue weighted by Crippen LogP contribution is -2.46. The molecule has 3 heterocycles. The SMILES string of the molecule is C=C(CO)N=C/C(=C\N)CN1CCC2(CC1)OCCc1c2sc(C(F)(F)F)c1CO. The molecule has 0 amide bonds. The highest BCUT2D eigenvalue weighted by molar-refractivity contribution is 7.12. The third kappa shape index (κ3) is 4.62. The molecule has 0 aromatic carbocycles. The first-order valence-electron chi connectivity index (χ1n) is 9.67. The third-order valence-electron chi connectivity index (χ3n) is 5.56. The summed E-state index contributed by atoms with van der Waals surface area (Å²) in [5.74, 6) is 0. The van der Waals surface area contributed by atoms with Gasteiger partial charge in [-0.2, -0.15) is 13.2 Å². The maximum atomic E-state index is 13.5. The van der Waals surface area contributed by atoms with Gasteiger partial charge in [0.25, 0.3) is 0 Å². The van der Waals surface area contributed by atoms with E-state index in [0.717, 1.165) is 16.9 Å². The minimum Gasteiger partial charge on any atom is -0.404 e. The van der Waals surface area contributed by atoms with Crippen LogP contribution >= 0.6 is 11.3 Å². The number of nitrogens with zero attached hydrogens (tertiary/aromatic N) is 2. The quantitative estimate of drug-likeness (QED) is 0.586. The molecule has 3 rings (SSSR count). The predicted molar refractivity (Wildman–Crippen MR) is 109 cm³/mol. The van der Waals surface area contributed by atoms with Crippen molar-refractivity contribution in [2.45, 2.75) is 37.6 Å². The van der Waals surface area contributed by atoms with Crippen LogP contribution in [0.4, 0.5) is 13.2 Å². The van der Waals surface area contributed by atoms with Gasteiger partial charge in [0, 0.05) is 36.3 Å². The number of halogens is 3. The first kappa shape index (κ1) is 23.0. The number of likely N-dealkylation sites (tertiary alicyclic amines) is 1. The third-order valence-corrected chi connectivity index (χ3v) is 7.06. The summed E-state index contributed by atoms with van der Waals surface area (Å²) in [6.07, 6.45) is 0.00790. The lowest BCUT2D eigenvalue weighted by molar-refractivity contribution is -0.135. The minimum absolute atomic E-state index is 0.00119. The van der Waals surface area contributed by atoms with Crippen LogP contribution < -0.4 is 5.73 Å². The van der Waals surface area contributed by atoms with Crippen molar-refractivity contribution in [3.05, 3.63) is 44.9 Å². The van der Waals surface area contributed by atoms with Crippen LogP contribution in [0.25, 0.3) is 0 Å². The fraction of sp³-hybridized carbons (Fsp3) is 0.550. The van der Waals surface area contributed by atoms with E-state index in [1.807, 2.05) is 0 Å². The number of aliphatic imine (C=N–C) groups is 1. The van der Waals surface area contributed by atoms with Crippen molar-refractivity contribution in [1.29, 1.82) is 0 Å². The molecule has 1 aromatic heterocycles. The van der Waals surface area contributed by atoms with E-state index in [-0.39, 0.29) is 12.2 Å². The number of aliphatic hydroxyl groups excluding tert-OH is 2. The molecule has 166 valence electrons. The van der Waals surface area contributed by atoms with Crippen molar-refractivity contribution in [2.24, 2.45) is 10.7 Å². The Morgan fingerprint density at radius 3 is 2.60 bits per heavy atom. The van der Waals surface area contributed by atoms with Gasteiger partial charge in [-0.3, -0.25) is 9.89 Å². The summed E-state index contributed by atoms with van der Waals surface area (Å²) in [5.41, 5.74) is 6.61. The molecule has 30 heavy (non-hydrogen) atoms. The molecule has 4 N–H and O–H groups in total. The van der Waals surface area contributed by atoms with Crippen LogP contribution in [0.15, 0.2) is 29.0 Å². The van der Waals surface area contributed by atoms with E-state index in [1.165, 1.54) is 6.20 Å². The van der Waals surface area contributed by atoms with Crippen LogP contribution in [-0.2, 0) is 29.5 Å². The largest absolute Gasteiger partial charge is 0.425 e. The van der Waals surface area contributed by atoms with Gasteiger partial charge in [0.05, 0.1) is 25.5 Å². The van der Waals surface area contributed by atoms with Gasteiger partial charge >= 0.3 is 6.18 Å². The minimum atomic E-state index is -4.49. The van der Waals surface area contributed by atoms with Gasteiger partial charge in [0.2, 0.25) is 0 Å². The average molecular weight is 446 g/mol. The number of piperidine rings is 1. The first-order valence-corrected chi connectivity index (χ1v) is 10.5. The van der Waals surface area contributed by atoms with Crippen LogP contribution in [0, 0.1) is 0 Å². The second kappa shape index (κ2) is 9.19. The zero-order valence-corrected chi connectivity index (χ0v) is 17.4. The fourth-order valence-corrected chi connectivity index (χ4v) is 5.42. The Balaban J connectivity index is 1.76. The molecule has 0 saturated carbocycles. The van der Waals surface area contributed by atoms with Crippen molar-refractivity contribution in [3.8, 4) is 0 Å². The number of hydrogen-bond acceptors (Lipinski definition) is 7. The molecule has 2 aliphatic heterocycles. The number of thiophene rings is 1. The van der Waals surface area contributed by atoms with Crippen LogP contribution in [0.2, 0.25) is 0 Å². The molecule has 1 saturated heterocycles. The Bertz CT molecular complexity index is 840. The number of rotatable bonds is 6. The van der Waals surface area contributed by atoms with Crippen molar-refractivity contribution < 1.29 is 28.1 Å². The maximum Gasteiger partial charge on any atom is 0.425 e. The highest BCUT2D eigenvalue weighted by atomic mass is 32.1. The number of alkyl halides is 3. The summed E-state index contributed by atoms with van der Waals surface area (Å²) >= 11 is 0.718. The Morgan fingerprint density at radius 2 is 2.03 bits per heavy atom. The Hall–Kier alpha value is -1.72. The molecule has 1 spiro atoms. The van der Waals surface area contributed by atoms with Crippen molar-refractivity contribution in [2.75, 3.05) is 32.8 Å². The number of fused-ring (bicyclic) bond motifs is 2. The smallest absolute Gasteiger partial charge is 0.404 e. The van der Waals surface area contributed by atoms with Gasteiger partial charge in [-0.25, -0.2) is 0 Å². The van der Waals surface area contributed by atoms with Crippen LogP contribution in [-0.4, -0.2) is 54.2 Å². The number of hydrogen-bond donors (Lipinski definition) is 3. The monoisotopic (exact) mass is 445 g/mol. The summed E-state index contributed by atoms with van der Waals surface area (Å²) in [4.78, 5) is 6.08. The van der Waals surface area contributed by atoms with E-state index in [4.69, 9.17) is 15.6 Å². The topological polar surface area (TPSA) is 91.3 Å². The molecular weight excluding hydrogens is 419 g/mol. The van der Waals surface area contributed by atoms with Crippen LogP contribution in [0.5, 0.6) is 0 Å². The Morgan fingerprint density at radius 1 is 1.33 bits per heavy atom. The summed E-state index contributed by atoms with van der Waals surface area (Å²) in [6, 6.07) is 0. The molecule has 0 radical (unpaired) electrons. The highest BCUT2D eigenvalue weighted by Crippen LogP contribution is 2.50. The molecular formula is C20H26F3N3O3S. The van der Waals surface area contributed by atoms with Gasteiger partial charge in [0.15, 0.2) is 0 Å². The van der Waals surface area contributed by atoms with E-state index in [9.17, 15) is 18.3 Å². The second-order valence-corrected chi connectivity index (χ2v) is 8.49. The second-order valence-electron chi connectivity index (χ2n) is 7.47. The Kier molecular flexibility index (Phi) is 7.03. The number of nitrogens with two attached hydrogens (primary N) is 1.